The highest BCUT2D eigenvalue weighted by molar-refractivity contribution is 7.99. The predicted octanol–water partition coefficient (Wildman–Crippen LogP) is 4.08. The van der Waals surface area contributed by atoms with Crippen LogP contribution in [0.3, 0.4) is 0 Å². The summed E-state index contributed by atoms with van der Waals surface area (Å²) in [5.41, 5.74) is 1.84. The van der Waals surface area contributed by atoms with Crippen molar-refractivity contribution < 1.29 is 9.53 Å². The Morgan fingerprint density at radius 3 is 2.68 bits per heavy atom. The fourth-order valence-corrected chi connectivity index (χ4v) is 3.31. The summed E-state index contributed by atoms with van der Waals surface area (Å²) in [6.45, 7) is 6.59. The van der Waals surface area contributed by atoms with Gasteiger partial charge in [-0.05, 0) is 30.7 Å². The lowest BCUT2D eigenvalue weighted by molar-refractivity contribution is -0.113. The predicted molar refractivity (Wildman–Crippen MR) is 112 cm³/mol. The van der Waals surface area contributed by atoms with Gasteiger partial charge in [0.15, 0.2) is 11.0 Å². The maximum absolute atomic E-state index is 12.3. The van der Waals surface area contributed by atoms with Gasteiger partial charge in [-0.2, -0.15) is 0 Å². The third-order valence-electron chi connectivity index (χ3n) is 3.97. The van der Waals surface area contributed by atoms with Crippen LogP contribution in [0.1, 0.15) is 11.4 Å². The summed E-state index contributed by atoms with van der Waals surface area (Å²) in [7, 11) is 0. The van der Waals surface area contributed by atoms with E-state index in [4.69, 9.17) is 4.74 Å². The summed E-state index contributed by atoms with van der Waals surface area (Å²) in [4.78, 5) is 12.3. The topological polar surface area (TPSA) is 69.0 Å². The molecule has 28 heavy (non-hydrogen) atoms. The average molecular weight is 395 g/mol. The largest absolute Gasteiger partial charge is 0.486 e. The van der Waals surface area contributed by atoms with E-state index in [1.807, 2.05) is 66.1 Å². The number of aryl methyl sites for hydroxylation is 1. The monoisotopic (exact) mass is 394 g/mol. The van der Waals surface area contributed by atoms with E-state index in [0.29, 0.717) is 24.1 Å². The molecule has 0 aliphatic carbocycles. The van der Waals surface area contributed by atoms with Gasteiger partial charge in [0.2, 0.25) is 5.91 Å². The molecule has 0 atom stereocenters. The number of nitrogens with one attached hydrogen (secondary N) is 1. The zero-order chi connectivity index (χ0) is 19.8. The molecule has 3 aromatic rings. The van der Waals surface area contributed by atoms with Crippen LogP contribution >= 0.6 is 11.8 Å². The van der Waals surface area contributed by atoms with E-state index in [0.717, 1.165) is 17.0 Å². The maximum atomic E-state index is 12.3. The number of ether oxygens (including phenoxy) is 1. The van der Waals surface area contributed by atoms with Crippen LogP contribution in [0, 0.1) is 6.92 Å². The smallest absolute Gasteiger partial charge is 0.234 e. The van der Waals surface area contributed by atoms with Crippen molar-refractivity contribution in [2.45, 2.75) is 25.2 Å². The Morgan fingerprint density at radius 2 is 1.93 bits per heavy atom. The molecule has 0 unspecified atom stereocenters. The highest BCUT2D eigenvalue weighted by atomic mass is 32.2. The minimum Gasteiger partial charge on any atom is -0.486 e. The minimum atomic E-state index is -0.0884. The molecule has 0 saturated heterocycles. The van der Waals surface area contributed by atoms with Crippen LogP contribution in [0.4, 0.5) is 5.69 Å². The van der Waals surface area contributed by atoms with Crippen LogP contribution in [0.5, 0.6) is 5.75 Å². The quantitative estimate of drug-likeness (QED) is 0.437. The van der Waals surface area contributed by atoms with Crippen LogP contribution in [-0.4, -0.2) is 26.4 Å². The molecule has 0 saturated carbocycles. The summed E-state index contributed by atoms with van der Waals surface area (Å²) in [6, 6.07) is 17.2. The van der Waals surface area contributed by atoms with Gasteiger partial charge in [-0.15, -0.1) is 16.8 Å². The molecule has 0 spiro atoms. The molecule has 0 bridgehead atoms. The van der Waals surface area contributed by atoms with Crippen molar-refractivity contribution in [2.75, 3.05) is 11.1 Å². The fraction of sp³-hybridized carbons (Fsp3) is 0.190. The minimum absolute atomic E-state index is 0.0884. The van der Waals surface area contributed by atoms with E-state index in [-0.39, 0.29) is 11.7 Å². The van der Waals surface area contributed by atoms with Crippen LogP contribution in [-0.2, 0) is 17.9 Å². The number of carbonyl (C=O) groups is 1. The van der Waals surface area contributed by atoms with Crippen molar-refractivity contribution in [3.05, 3.63) is 78.6 Å². The lowest BCUT2D eigenvalue weighted by Crippen LogP contribution is -2.15. The van der Waals surface area contributed by atoms with Gasteiger partial charge in [0.25, 0.3) is 0 Å². The van der Waals surface area contributed by atoms with Crippen LogP contribution < -0.4 is 10.1 Å². The van der Waals surface area contributed by atoms with E-state index in [1.54, 1.807) is 6.08 Å². The number of thioether (sulfide) groups is 1. The highest BCUT2D eigenvalue weighted by Crippen LogP contribution is 2.20. The second-order valence-corrected chi connectivity index (χ2v) is 6.99. The molecule has 144 valence electrons. The van der Waals surface area contributed by atoms with Crippen molar-refractivity contribution in [3.8, 4) is 5.75 Å². The summed E-state index contributed by atoms with van der Waals surface area (Å²) in [5, 5.41) is 12.0. The Bertz CT molecular complexity index is 941. The fourth-order valence-electron chi connectivity index (χ4n) is 2.54. The number of aromatic nitrogens is 3. The van der Waals surface area contributed by atoms with Gasteiger partial charge in [0.1, 0.15) is 12.4 Å². The SMILES string of the molecule is C=CCn1c(COc2ccccc2)nnc1SCC(=O)Nc1ccccc1C. The van der Waals surface area contributed by atoms with E-state index >= 15 is 0 Å². The van der Waals surface area contributed by atoms with Crippen molar-refractivity contribution in [1.29, 1.82) is 0 Å². The highest BCUT2D eigenvalue weighted by Gasteiger charge is 2.14. The second kappa shape index (κ2) is 9.75. The molecule has 6 nitrogen and oxygen atoms in total. The zero-order valence-corrected chi connectivity index (χ0v) is 16.5. The molecule has 0 aliphatic heterocycles. The van der Waals surface area contributed by atoms with Gasteiger partial charge < -0.3 is 10.1 Å². The number of benzene rings is 2. The van der Waals surface area contributed by atoms with Crippen LogP contribution in [0.2, 0.25) is 0 Å². The van der Waals surface area contributed by atoms with Crippen LogP contribution in [0.15, 0.2) is 72.4 Å². The molecule has 2 aromatic carbocycles. The molecule has 3 rings (SSSR count). The summed E-state index contributed by atoms with van der Waals surface area (Å²) in [5.74, 6) is 1.60. The van der Waals surface area contributed by atoms with Crippen molar-refractivity contribution in [3.63, 3.8) is 0 Å². The van der Waals surface area contributed by atoms with Crippen LogP contribution in [0.25, 0.3) is 0 Å². The van der Waals surface area contributed by atoms with Gasteiger partial charge in [0.05, 0.1) is 5.75 Å². The third-order valence-corrected chi connectivity index (χ3v) is 4.93. The zero-order valence-electron chi connectivity index (χ0n) is 15.7. The Hall–Kier alpha value is -3.06. The number of para-hydroxylation sites is 2. The third kappa shape index (κ3) is 5.23. The summed E-state index contributed by atoms with van der Waals surface area (Å²) >= 11 is 1.34. The van der Waals surface area contributed by atoms with Gasteiger partial charge in [-0.1, -0.05) is 54.2 Å². The van der Waals surface area contributed by atoms with E-state index in [2.05, 4.69) is 22.1 Å². The molecule has 1 amide bonds. The molecule has 7 heteroatoms. The van der Waals surface area contributed by atoms with Gasteiger partial charge in [0, 0.05) is 12.2 Å². The van der Waals surface area contributed by atoms with Crippen molar-refractivity contribution in [2.24, 2.45) is 0 Å². The first kappa shape index (κ1) is 19.7. The first-order valence-electron chi connectivity index (χ1n) is 8.86. The molecule has 1 heterocycles. The number of allylic oxidation sites excluding steroid dienone is 1. The Kier molecular flexibility index (Phi) is 6.86. The first-order chi connectivity index (χ1) is 13.7. The number of anilines is 1. The Labute approximate surface area is 168 Å². The molecule has 0 aliphatic rings. The van der Waals surface area contributed by atoms with Crippen molar-refractivity contribution >= 4 is 23.4 Å². The number of rotatable bonds is 9. The molecular formula is C21H22N4O2S. The number of carbonyl (C=O) groups excluding carboxylic acids is 1. The average Bonchev–Trinajstić information content (AvgIpc) is 3.09. The second-order valence-electron chi connectivity index (χ2n) is 6.05. The van der Waals surface area contributed by atoms with E-state index in [1.165, 1.54) is 11.8 Å². The molecule has 0 radical (unpaired) electrons. The van der Waals surface area contributed by atoms with Gasteiger partial charge in [-0.3, -0.25) is 9.36 Å². The molecule has 1 N–H and O–H groups in total. The van der Waals surface area contributed by atoms with E-state index in [9.17, 15) is 4.79 Å². The van der Waals surface area contributed by atoms with E-state index < -0.39 is 0 Å². The number of nitrogens with zero attached hydrogens (tertiary/aromatic N) is 3. The number of hydrogen-bond donors (Lipinski definition) is 1. The Morgan fingerprint density at radius 1 is 1.18 bits per heavy atom. The number of amides is 1. The normalized spacial score (nSPS) is 10.5. The van der Waals surface area contributed by atoms with Gasteiger partial charge >= 0.3 is 0 Å². The molecule has 0 fully saturated rings. The number of hydrogen-bond acceptors (Lipinski definition) is 5. The van der Waals surface area contributed by atoms with Crippen molar-refractivity contribution in [1.82, 2.24) is 14.8 Å². The Balaban J connectivity index is 1.61. The lowest BCUT2D eigenvalue weighted by atomic mass is 10.2. The summed E-state index contributed by atoms with van der Waals surface area (Å²) < 4.78 is 7.67. The standard InChI is InChI=1S/C21H22N4O2S/c1-3-13-25-19(14-27-17-10-5-4-6-11-17)23-24-21(25)28-15-20(26)22-18-12-8-7-9-16(18)2/h3-12H,1,13-15H2,2H3,(H,22,26). The maximum Gasteiger partial charge on any atom is 0.234 e. The van der Waals surface area contributed by atoms with Gasteiger partial charge in [-0.25, -0.2) is 0 Å². The molecule has 1 aromatic heterocycles. The molecular weight excluding hydrogens is 372 g/mol. The lowest BCUT2D eigenvalue weighted by Gasteiger charge is -2.10. The first-order valence-corrected chi connectivity index (χ1v) is 9.85. The summed E-state index contributed by atoms with van der Waals surface area (Å²) in [6.07, 6.45) is 1.77.